The molecule has 0 aliphatic heterocycles. The van der Waals surface area contributed by atoms with Crippen LogP contribution in [-0.2, 0) is 14.9 Å². The molecular weight excluding hydrogens is 352 g/mol. The van der Waals surface area contributed by atoms with E-state index in [0.717, 1.165) is 44.1 Å². The lowest BCUT2D eigenvalue weighted by atomic mass is 9.85. The third-order valence-corrected chi connectivity index (χ3v) is 4.40. The third-order valence-electron chi connectivity index (χ3n) is 4.40. The predicted molar refractivity (Wildman–Crippen MR) is 114 cm³/mol. The summed E-state index contributed by atoms with van der Waals surface area (Å²) >= 11 is 0. The second kappa shape index (κ2) is 12.2. The molecule has 0 N–H and O–H groups in total. The molecule has 4 heteroatoms. The van der Waals surface area contributed by atoms with Crippen LogP contribution in [0.1, 0.15) is 85.6 Å². The van der Waals surface area contributed by atoms with Crippen LogP contribution in [0.4, 0.5) is 0 Å². The van der Waals surface area contributed by atoms with E-state index in [9.17, 15) is 9.59 Å². The SMILES string of the molecule is C=CCCCCOC(=O)c1ccc(C(C)(C)C)cc1C(=O)OCCCCC=C. The van der Waals surface area contributed by atoms with Crippen LogP contribution in [0.15, 0.2) is 43.5 Å². The molecule has 0 saturated heterocycles. The van der Waals surface area contributed by atoms with Crippen molar-refractivity contribution < 1.29 is 19.1 Å². The van der Waals surface area contributed by atoms with Crippen molar-refractivity contribution in [2.75, 3.05) is 13.2 Å². The smallest absolute Gasteiger partial charge is 0.339 e. The molecule has 1 rings (SSSR count). The van der Waals surface area contributed by atoms with Crippen LogP contribution < -0.4 is 0 Å². The number of allylic oxidation sites excluding steroid dienone is 2. The molecule has 0 spiro atoms. The molecule has 0 saturated carbocycles. The Balaban J connectivity index is 2.89. The van der Waals surface area contributed by atoms with Crippen LogP contribution >= 0.6 is 0 Å². The normalized spacial score (nSPS) is 11.0. The van der Waals surface area contributed by atoms with Gasteiger partial charge in [-0.1, -0.05) is 39.0 Å². The zero-order valence-electron chi connectivity index (χ0n) is 17.6. The van der Waals surface area contributed by atoms with E-state index in [1.165, 1.54) is 0 Å². The monoisotopic (exact) mass is 386 g/mol. The lowest BCUT2D eigenvalue weighted by Crippen LogP contribution is -2.18. The van der Waals surface area contributed by atoms with Crippen LogP contribution in [0.25, 0.3) is 0 Å². The fraction of sp³-hybridized carbons (Fsp3) is 0.500. The number of ether oxygens (including phenoxy) is 2. The van der Waals surface area contributed by atoms with Gasteiger partial charge in [0.15, 0.2) is 0 Å². The number of hydrogen-bond donors (Lipinski definition) is 0. The zero-order chi connectivity index (χ0) is 21.0. The molecule has 0 aliphatic carbocycles. The van der Waals surface area contributed by atoms with Gasteiger partial charge < -0.3 is 9.47 Å². The predicted octanol–water partition coefficient (Wildman–Crippen LogP) is 6.01. The summed E-state index contributed by atoms with van der Waals surface area (Å²) in [6.45, 7) is 14.2. The van der Waals surface area contributed by atoms with Crippen molar-refractivity contribution in [3.05, 3.63) is 60.2 Å². The fourth-order valence-electron chi connectivity index (χ4n) is 2.62. The van der Waals surface area contributed by atoms with Crippen LogP contribution in [0.5, 0.6) is 0 Å². The Morgan fingerprint density at radius 1 is 0.857 bits per heavy atom. The first-order valence-electron chi connectivity index (χ1n) is 10.0. The molecule has 0 aromatic heterocycles. The van der Waals surface area contributed by atoms with Crippen molar-refractivity contribution in [3.8, 4) is 0 Å². The minimum absolute atomic E-state index is 0.147. The Hall–Kier alpha value is -2.36. The van der Waals surface area contributed by atoms with E-state index in [1.807, 2.05) is 18.2 Å². The quantitative estimate of drug-likeness (QED) is 0.251. The highest BCUT2D eigenvalue weighted by molar-refractivity contribution is 6.03. The highest BCUT2D eigenvalue weighted by Gasteiger charge is 2.23. The van der Waals surface area contributed by atoms with Gasteiger partial charge in [0.05, 0.1) is 24.3 Å². The molecule has 0 bridgehead atoms. The summed E-state index contributed by atoms with van der Waals surface area (Å²) in [6.07, 6.45) is 8.83. The van der Waals surface area contributed by atoms with Gasteiger partial charge in [0, 0.05) is 0 Å². The third kappa shape index (κ3) is 8.12. The summed E-state index contributed by atoms with van der Waals surface area (Å²) in [5.74, 6) is -0.971. The summed E-state index contributed by atoms with van der Waals surface area (Å²) in [5, 5.41) is 0. The molecule has 0 amide bonds. The van der Waals surface area contributed by atoms with Crippen LogP contribution in [-0.4, -0.2) is 25.2 Å². The average Bonchev–Trinajstić information content (AvgIpc) is 2.66. The molecule has 1 aromatic rings. The van der Waals surface area contributed by atoms with Gasteiger partial charge in [-0.05, 0) is 61.6 Å². The summed E-state index contributed by atoms with van der Waals surface area (Å²) < 4.78 is 10.8. The fourth-order valence-corrected chi connectivity index (χ4v) is 2.62. The van der Waals surface area contributed by atoms with Crippen molar-refractivity contribution in [2.45, 2.75) is 64.7 Å². The number of carbonyl (C=O) groups excluding carboxylic acids is 2. The Morgan fingerprint density at radius 3 is 1.82 bits per heavy atom. The van der Waals surface area contributed by atoms with Crippen LogP contribution in [0, 0.1) is 0 Å². The number of benzene rings is 1. The van der Waals surface area contributed by atoms with E-state index in [1.54, 1.807) is 12.1 Å². The molecule has 0 aliphatic rings. The number of hydrogen-bond acceptors (Lipinski definition) is 4. The molecule has 0 atom stereocenters. The molecule has 28 heavy (non-hydrogen) atoms. The maximum Gasteiger partial charge on any atom is 0.339 e. The van der Waals surface area contributed by atoms with Gasteiger partial charge in [-0.15, -0.1) is 13.2 Å². The van der Waals surface area contributed by atoms with Crippen molar-refractivity contribution in [1.29, 1.82) is 0 Å². The zero-order valence-corrected chi connectivity index (χ0v) is 17.6. The van der Waals surface area contributed by atoms with Crippen LogP contribution in [0.2, 0.25) is 0 Å². The van der Waals surface area contributed by atoms with Gasteiger partial charge >= 0.3 is 11.9 Å². The van der Waals surface area contributed by atoms with E-state index in [2.05, 4.69) is 33.9 Å². The first-order chi connectivity index (χ1) is 13.3. The van der Waals surface area contributed by atoms with Gasteiger partial charge in [-0.2, -0.15) is 0 Å². The van der Waals surface area contributed by atoms with Crippen molar-refractivity contribution >= 4 is 11.9 Å². The van der Waals surface area contributed by atoms with Gasteiger partial charge in [0.2, 0.25) is 0 Å². The molecule has 0 radical (unpaired) electrons. The maximum absolute atomic E-state index is 12.6. The van der Waals surface area contributed by atoms with Crippen molar-refractivity contribution in [2.24, 2.45) is 0 Å². The number of carbonyl (C=O) groups is 2. The molecule has 154 valence electrons. The first-order valence-corrected chi connectivity index (χ1v) is 10.0. The minimum atomic E-state index is -0.488. The topological polar surface area (TPSA) is 52.6 Å². The number of unbranched alkanes of at least 4 members (excludes halogenated alkanes) is 4. The molecule has 0 heterocycles. The molecular formula is C24H34O4. The molecule has 4 nitrogen and oxygen atoms in total. The summed E-state index contributed by atoms with van der Waals surface area (Å²) in [6, 6.07) is 5.29. The Morgan fingerprint density at radius 2 is 1.36 bits per heavy atom. The molecule has 0 fully saturated rings. The maximum atomic E-state index is 12.6. The van der Waals surface area contributed by atoms with E-state index >= 15 is 0 Å². The van der Waals surface area contributed by atoms with E-state index in [0.29, 0.717) is 13.2 Å². The van der Waals surface area contributed by atoms with E-state index in [-0.39, 0.29) is 16.5 Å². The van der Waals surface area contributed by atoms with Crippen LogP contribution in [0.3, 0.4) is 0 Å². The lowest BCUT2D eigenvalue weighted by molar-refractivity contribution is 0.0451. The molecule has 1 aromatic carbocycles. The van der Waals surface area contributed by atoms with Crippen molar-refractivity contribution in [1.82, 2.24) is 0 Å². The summed E-state index contributed by atoms with van der Waals surface area (Å²) in [4.78, 5) is 25.2. The standard InChI is InChI=1S/C24H34O4/c1-6-8-10-12-16-27-22(25)20-15-14-19(24(3,4)5)18-21(20)23(26)28-17-13-11-9-7-2/h6-7,14-15,18H,1-2,8-13,16-17H2,3-5H3. The Bertz CT molecular complexity index is 668. The van der Waals surface area contributed by atoms with E-state index < -0.39 is 11.9 Å². The summed E-state index contributed by atoms with van der Waals surface area (Å²) in [5.41, 5.74) is 1.35. The Labute approximate surface area is 169 Å². The van der Waals surface area contributed by atoms with Gasteiger partial charge in [-0.3, -0.25) is 0 Å². The molecule has 0 unspecified atom stereocenters. The van der Waals surface area contributed by atoms with Gasteiger partial charge in [-0.25, -0.2) is 9.59 Å². The first kappa shape index (κ1) is 23.7. The van der Waals surface area contributed by atoms with Gasteiger partial charge in [0.25, 0.3) is 0 Å². The van der Waals surface area contributed by atoms with Crippen molar-refractivity contribution in [3.63, 3.8) is 0 Å². The largest absolute Gasteiger partial charge is 0.462 e. The summed E-state index contributed by atoms with van der Waals surface area (Å²) in [7, 11) is 0. The highest BCUT2D eigenvalue weighted by Crippen LogP contribution is 2.25. The van der Waals surface area contributed by atoms with E-state index in [4.69, 9.17) is 9.47 Å². The second-order valence-electron chi connectivity index (χ2n) is 7.85. The Kier molecular flexibility index (Phi) is 10.3. The number of esters is 2. The number of rotatable bonds is 12. The average molecular weight is 387 g/mol. The van der Waals surface area contributed by atoms with Gasteiger partial charge in [0.1, 0.15) is 0 Å². The minimum Gasteiger partial charge on any atom is -0.462 e. The second-order valence-corrected chi connectivity index (χ2v) is 7.85. The highest BCUT2D eigenvalue weighted by atomic mass is 16.5. The lowest BCUT2D eigenvalue weighted by Gasteiger charge is -2.20.